The van der Waals surface area contributed by atoms with Crippen LogP contribution in [0.3, 0.4) is 0 Å². The molecule has 0 bridgehead atoms. The third kappa shape index (κ3) is 3.91. The summed E-state index contributed by atoms with van der Waals surface area (Å²) < 4.78 is 24.8. The number of ketones is 1. The highest BCUT2D eigenvalue weighted by atomic mass is 79.9. The van der Waals surface area contributed by atoms with Crippen molar-refractivity contribution in [2.24, 2.45) is 0 Å². The standard InChI is InChI=1S/C13H10BrClO3S2/c14-10-5-6-19-13(10)12(16)8-20(17,18)7-9-3-1-2-4-11(9)15/h1-6H,7-8H2. The lowest BCUT2D eigenvalue weighted by molar-refractivity contribution is 0.102. The first-order valence-corrected chi connectivity index (χ1v) is 9.46. The molecule has 0 saturated heterocycles. The number of Topliss-reactive ketones (excluding diaryl/α,β-unsaturated/α-hetero) is 1. The van der Waals surface area contributed by atoms with Crippen LogP contribution in [0, 0.1) is 0 Å². The van der Waals surface area contributed by atoms with E-state index in [0.717, 1.165) is 0 Å². The van der Waals surface area contributed by atoms with Gasteiger partial charge in [0.05, 0.1) is 10.6 Å². The van der Waals surface area contributed by atoms with E-state index in [1.165, 1.54) is 11.3 Å². The van der Waals surface area contributed by atoms with Gasteiger partial charge in [0.1, 0.15) is 5.75 Å². The Labute approximate surface area is 134 Å². The lowest BCUT2D eigenvalue weighted by atomic mass is 10.2. The molecular formula is C13H10BrClO3S2. The smallest absolute Gasteiger partial charge is 0.188 e. The Balaban J connectivity index is 2.15. The minimum Gasteiger partial charge on any atom is -0.292 e. The van der Waals surface area contributed by atoms with Crippen LogP contribution in [0.1, 0.15) is 15.2 Å². The van der Waals surface area contributed by atoms with Gasteiger partial charge < -0.3 is 0 Å². The van der Waals surface area contributed by atoms with Crippen molar-refractivity contribution in [2.75, 3.05) is 5.75 Å². The zero-order valence-electron chi connectivity index (χ0n) is 10.2. The summed E-state index contributed by atoms with van der Waals surface area (Å²) in [6, 6.07) is 8.44. The Bertz CT molecular complexity index is 738. The number of rotatable bonds is 5. The van der Waals surface area contributed by atoms with Crippen LogP contribution < -0.4 is 0 Å². The summed E-state index contributed by atoms with van der Waals surface area (Å²) in [5, 5.41) is 2.12. The van der Waals surface area contributed by atoms with Crippen molar-refractivity contribution >= 4 is 54.5 Å². The largest absolute Gasteiger partial charge is 0.292 e. The minimum atomic E-state index is -3.55. The van der Waals surface area contributed by atoms with Crippen molar-refractivity contribution in [1.82, 2.24) is 0 Å². The van der Waals surface area contributed by atoms with E-state index in [1.54, 1.807) is 35.7 Å². The number of thiophene rings is 1. The van der Waals surface area contributed by atoms with Crippen LogP contribution in [0.15, 0.2) is 40.2 Å². The summed E-state index contributed by atoms with van der Waals surface area (Å²) >= 11 is 10.4. The molecule has 3 nitrogen and oxygen atoms in total. The predicted molar refractivity (Wildman–Crippen MR) is 85.3 cm³/mol. The second-order valence-corrected chi connectivity index (χ2v) is 8.39. The van der Waals surface area contributed by atoms with Gasteiger partial charge >= 0.3 is 0 Å². The molecule has 0 fully saturated rings. The molecule has 0 aliphatic carbocycles. The highest BCUT2D eigenvalue weighted by molar-refractivity contribution is 9.10. The van der Waals surface area contributed by atoms with E-state index in [-0.39, 0.29) is 5.75 Å². The predicted octanol–water partition coefficient (Wildman–Crippen LogP) is 3.96. The summed E-state index contributed by atoms with van der Waals surface area (Å²) in [6.07, 6.45) is 0. The maximum atomic E-state index is 12.1. The lowest BCUT2D eigenvalue weighted by Gasteiger charge is -2.05. The third-order valence-corrected chi connectivity index (χ3v) is 6.26. The molecule has 0 spiro atoms. The van der Waals surface area contributed by atoms with Gasteiger partial charge in [-0.15, -0.1) is 11.3 Å². The highest BCUT2D eigenvalue weighted by Crippen LogP contribution is 2.24. The van der Waals surface area contributed by atoms with Crippen LogP contribution in [0.5, 0.6) is 0 Å². The van der Waals surface area contributed by atoms with Crippen molar-refractivity contribution in [3.05, 3.63) is 55.6 Å². The fourth-order valence-electron chi connectivity index (χ4n) is 1.66. The highest BCUT2D eigenvalue weighted by Gasteiger charge is 2.21. The third-order valence-electron chi connectivity index (χ3n) is 2.55. The molecule has 0 saturated carbocycles. The molecule has 1 heterocycles. The van der Waals surface area contributed by atoms with Gasteiger partial charge in [-0.1, -0.05) is 29.8 Å². The number of hydrogen-bond donors (Lipinski definition) is 0. The number of hydrogen-bond acceptors (Lipinski definition) is 4. The second-order valence-electron chi connectivity index (χ2n) is 4.14. The molecule has 0 atom stereocenters. The van der Waals surface area contributed by atoms with Crippen LogP contribution in [0.25, 0.3) is 0 Å². The maximum Gasteiger partial charge on any atom is 0.188 e. The molecule has 20 heavy (non-hydrogen) atoms. The Kier molecular flexibility index (Phi) is 5.01. The van der Waals surface area contributed by atoms with Crippen LogP contribution in [-0.2, 0) is 15.6 Å². The number of carbonyl (C=O) groups excluding carboxylic acids is 1. The minimum absolute atomic E-state index is 0.235. The zero-order valence-corrected chi connectivity index (χ0v) is 14.2. The van der Waals surface area contributed by atoms with Crippen molar-refractivity contribution in [1.29, 1.82) is 0 Å². The fraction of sp³-hybridized carbons (Fsp3) is 0.154. The van der Waals surface area contributed by atoms with E-state index in [2.05, 4.69) is 15.9 Å². The topological polar surface area (TPSA) is 51.2 Å². The van der Waals surface area contributed by atoms with Gasteiger partial charge in [0, 0.05) is 9.50 Å². The molecule has 0 amide bonds. The first-order chi connectivity index (χ1) is 9.39. The molecule has 106 valence electrons. The number of benzene rings is 1. The van der Waals surface area contributed by atoms with Crippen molar-refractivity contribution in [3.8, 4) is 0 Å². The molecule has 0 N–H and O–H groups in total. The summed E-state index contributed by atoms with van der Waals surface area (Å²) in [5.74, 6) is -1.16. The first-order valence-electron chi connectivity index (χ1n) is 5.59. The monoisotopic (exact) mass is 392 g/mol. The van der Waals surface area contributed by atoms with Gasteiger partial charge in [-0.3, -0.25) is 4.79 Å². The van der Waals surface area contributed by atoms with Gasteiger partial charge in [-0.05, 0) is 39.0 Å². The molecule has 2 rings (SSSR count). The number of carbonyl (C=O) groups is 1. The molecular weight excluding hydrogens is 384 g/mol. The Hall–Kier alpha value is -0.690. The first kappa shape index (κ1) is 15.7. The summed E-state index contributed by atoms with van der Waals surface area (Å²) in [5.41, 5.74) is 0.507. The zero-order chi connectivity index (χ0) is 14.8. The Morgan fingerprint density at radius 1 is 1.25 bits per heavy atom. The van der Waals surface area contributed by atoms with Crippen LogP contribution in [0.4, 0.5) is 0 Å². The van der Waals surface area contributed by atoms with Crippen molar-refractivity contribution in [3.63, 3.8) is 0 Å². The molecule has 1 aromatic heterocycles. The molecule has 1 aromatic carbocycles. The van der Waals surface area contributed by atoms with Crippen molar-refractivity contribution < 1.29 is 13.2 Å². The number of sulfone groups is 1. The van der Waals surface area contributed by atoms with Gasteiger partial charge in [0.15, 0.2) is 15.6 Å². The van der Waals surface area contributed by atoms with E-state index in [4.69, 9.17) is 11.6 Å². The second kappa shape index (κ2) is 6.39. The van der Waals surface area contributed by atoms with E-state index in [0.29, 0.717) is 19.9 Å². The molecule has 2 aromatic rings. The SMILES string of the molecule is O=C(CS(=O)(=O)Cc1ccccc1Cl)c1sccc1Br. The van der Waals surface area contributed by atoms with E-state index in [9.17, 15) is 13.2 Å². The molecule has 0 unspecified atom stereocenters. The van der Waals surface area contributed by atoms with Gasteiger partial charge in [-0.25, -0.2) is 8.42 Å². The molecule has 0 aliphatic heterocycles. The lowest BCUT2D eigenvalue weighted by Crippen LogP contribution is -2.17. The van der Waals surface area contributed by atoms with Crippen LogP contribution in [0.2, 0.25) is 5.02 Å². The summed E-state index contributed by atoms with van der Waals surface area (Å²) in [6.45, 7) is 0. The van der Waals surface area contributed by atoms with Crippen LogP contribution in [-0.4, -0.2) is 20.0 Å². The van der Waals surface area contributed by atoms with Crippen molar-refractivity contribution in [2.45, 2.75) is 5.75 Å². The van der Waals surface area contributed by atoms with E-state index >= 15 is 0 Å². The van der Waals surface area contributed by atoms with Gasteiger partial charge in [-0.2, -0.15) is 0 Å². The van der Waals surface area contributed by atoms with Gasteiger partial charge in [0.2, 0.25) is 0 Å². The normalized spacial score (nSPS) is 11.5. The quantitative estimate of drug-likeness (QED) is 0.722. The summed E-state index contributed by atoms with van der Waals surface area (Å²) in [7, 11) is -3.55. The molecule has 0 aliphatic rings. The van der Waals surface area contributed by atoms with Crippen LogP contribution >= 0.6 is 38.9 Å². The number of halogens is 2. The fourth-order valence-corrected chi connectivity index (χ4v) is 4.94. The summed E-state index contributed by atoms with van der Waals surface area (Å²) in [4.78, 5) is 12.4. The Morgan fingerprint density at radius 3 is 2.55 bits per heavy atom. The molecule has 7 heteroatoms. The average Bonchev–Trinajstić information content (AvgIpc) is 2.78. The average molecular weight is 394 g/mol. The molecule has 0 radical (unpaired) electrons. The Morgan fingerprint density at radius 2 is 1.95 bits per heavy atom. The van der Waals surface area contributed by atoms with E-state index < -0.39 is 21.4 Å². The van der Waals surface area contributed by atoms with Gasteiger partial charge in [0.25, 0.3) is 0 Å². The van der Waals surface area contributed by atoms with E-state index in [1.807, 2.05) is 0 Å². The maximum absolute atomic E-state index is 12.1.